The highest BCUT2D eigenvalue weighted by atomic mass is 35.5. The van der Waals surface area contributed by atoms with E-state index in [1.54, 1.807) is 25.3 Å². The van der Waals surface area contributed by atoms with E-state index in [1.165, 1.54) is 0 Å². The van der Waals surface area contributed by atoms with E-state index in [0.29, 0.717) is 37.6 Å². The summed E-state index contributed by atoms with van der Waals surface area (Å²) >= 11 is 0. The second-order valence-electron chi connectivity index (χ2n) is 5.78. The quantitative estimate of drug-likeness (QED) is 0.596. The van der Waals surface area contributed by atoms with Gasteiger partial charge in [0, 0.05) is 45.4 Å². The zero-order valence-corrected chi connectivity index (χ0v) is 15.0. The Hall–Kier alpha value is -1.19. The van der Waals surface area contributed by atoms with Crippen molar-refractivity contribution in [1.82, 2.24) is 9.80 Å². The van der Waals surface area contributed by atoms with Gasteiger partial charge in [-0.25, -0.2) is 0 Å². The lowest BCUT2D eigenvalue weighted by Crippen LogP contribution is -3.00. The summed E-state index contributed by atoms with van der Waals surface area (Å²) in [6, 6.07) is 6.93. The summed E-state index contributed by atoms with van der Waals surface area (Å²) in [5.41, 5.74) is 0.681. The Morgan fingerprint density at radius 3 is 2.58 bits per heavy atom. The summed E-state index contributed by atoms with van der Waals surface area (Å²) in [6.07, 6.45) is -0.503. The number of fused-ring (bicyclic) bond motifs is 1. The topological polar surface area (TPSA) is 82.4 Å². The third kappa shape index (κ3) is 3.89. The van der Waals surface area contributed by atoms with Crippen LogP contribution in [0.15, 0.2) is 33.6 Å². The number of nitrogens with zero attached hydrogens (tertiary/aromatic N) is 3. The van der Waals surface area contributed by atoms with E-state index in [4.69, 9.17) is 4.74 Å². The van der Waals surface area contributed by atoms with Crippen LogP contribution in [0.3, 0.4) is 0 Å². The minimum Gasteiger partial charge on any atom is -1.00 e. The van der Waals surface area contributed by atoms with E-state index in [0.717, 1.165) is 13.1 Å². The number of hydrogen-bond donors (Lipinski definition) is 1. The van der Waals surface area contributed by atoms with Crippen molar-refractivity contribution < 1.29 is 30.7 Å². The van der Waals surface area contributed by atoms with Crippen LogP contribution in [-0.2, 0) is 14.8 Å². The number of halogens is 1. The largest absolute Gasteiger partial charge is 1.00 e. The molecule has 0 radical (unpaired) electrons. The molecule has 0 aromatic heterocycles. The smallest absolute Gasteiger partial charge is 0.285 e. The van der Waals surface area contributed by atoms with Gasteiger partial charge < -0.3 is 27.2 Å². The highest BCUT2D eigenvalue weighted by Gasteiger charge is 2.32. The molecule has 2 aliphatic heterocycles. The van der Waals surface area contributed by atoms with Gasteiger partial charge >= 0.3 is 0 Å². The number of aliphatic hydroxyl groups is 1. The average molecular weight is 375 g/mol. The van der Waals surface area contributed by atoms with Gasteiger partial charge in [-0.1, -0.05) is 12.1 Å². The maximum atomic E-state index is 12.1. The fourth-order valence-electron chi connectivity index (χ4n) is 3.00. The molecule has 0 aliphatic carbocycles. The lowest BCUT2D eigenvalue weighted by atomic mass is 10.1. The molecule has 134 valence electrons. The molecule has 2 heterocycles. The number of ether oxygens (including phenoxy) is 1. The number of β-amino-alcohol motifs (C(OH)–C–C–N with tert-alkyl or cyclic N) is 1. The van der Waals surface area contributed by atoms with Crippen molar-refractivity contribution in [1.29, 1.82) is 0 Å². The summed E-state index contributed by atoms with van der Waals surface area (Å²) < 4.78 is 33.1. The molecule has 0 bridgehead atoms. The molecule has 24 heavy (non-hydrogen) atoms. The van der Waals surface area contributed by atoms with E-state index in [9.17, 15) is 13.5 Å². The fraction of sp³-hybridized carbons (Fsp3) is 0.533. The zero-order valence-electron chi connectivity index (χ0n) is 13.4. The number of rotatable bonds is 4. The first kappa shape index (κ1) is 19.1. The molecule has 1 N–H and O–H groups in total. The Bertz CT molecular complexity index is 702. The lowest BCUT2D eigenvalue weighted by molar-refractivity contribution is -0.0000111. The Labute approximate surface area is 148 Å². The predicted molar refractivity (Wildman–Crippen MR) is 86.1 cm³/mol. The van der Waals surface area contributed by atoms with Crippen LogP contribution in [0.5, 0.6) is 0 Å². The number of hydrogen-bond acceptors (Lipinski definition) is 6. The number of amidine groups is 1. The van der Waals surface area contributed by atoms with Crippen LogP contribution < -0.4 is 12.4 Å². The minimum absolute atomic E-state index is 0. The molecule has 0 saturated carbocycles. The van der Waals surface area contributed by atoms with Crippen LogP contribution in [0.1, 0.15) is 5.56 Å². The van der Waals surface area contributed by atoms with Crippen LogP contribution in [0.2, 0.25) is 0 Å². The monoisotopic (exact) mass is 374 g/mol. The standard InChI is InChI=1S/C15H21N3O4S.ClH/c1-22-11-12(19)10-17-6-8-18(9-7-17)15-13-4-2-3-5-14(13)23(20,21)16-15;/h2-5,12,19H,6-11H2,1H3;1H/p-1. The zero-order chi connectivity index (χ0) is 16.4. The van der Waals surface area contributed by atoms with Crippen molar-refractivity contribution >= 4 is 15.9 Å². The SMILES string of the molecule is COCC(O)CN1CCN(C2=NS(=O)(=O)c3ccccc32)CC1.[Cl-]. The summed E-state index contributed by atoms with van der Waals surface area (Å²) in [4.78, 5) is 4.44. The second kappa shape index (κ2) is 7.79. The average Bonchev–Trinajstić information content (AvgIpc) is 2.81. The van der Waals surface area contributed by atoms with Crippen LogP contribution in [-0.4, -0.2) is 81.7 Å². The molecule has 0 spiro atoms. The molecule has 1 aromatic carbocycles. The number of benzene rings is 1. The highest BCUT2D eigenvalue weighted by molar-refractivity contribution is 7.90. The number of sulfonamides is 1. The summed E-state index contributed by atoms with van der Waals surface area (Å²) in [5, 5.41) is 9.79. The van der Waals surface area contributed by atoms with Gasteiger partial charge in [-0.15, -0.1) is 4.40 Å². The Balaban J connectivity index is 0.00000208. The van der Waals surface area contributed by atoms with Crippen LogP contribution >= 0.6 is 0 Å². The second-order valence-corrected chi connectivity index (χ2v) is 7.36. The van der Waals surface area contributed by atoms with Gasteiger partial charge in [-0.2, -0.15) is 8.42 Å². The van der Waals surface area contributed by atoms with Gasteiger partial charge in [0.2, 0.25) is 0 Å². The van der Waals surface area contributed by atoms with Crippen molar-refractivity contribution in [3.8, 4) is 0 Å². The normalized spacial score (nSPS) is 20.9. The minimum atomic E-state index is -3.57. The third-order valence-electron chi connectivity index (χ3n) is 4.11. The van der Waals surface area contributed by atoms with Gasteiger partial charge in [0.15, 0.2) is 5.84 Å². The lowest BCUT2D eigenvalue weighted by Gasteiger charge is -2.36. The van der Waals surface area contributed by atoms with Gasteiger partial charge in [0.25, 0.3) is 10.0 Å². The fourth-order valence-corrected chi connectivity index (χ4v) is 4.23. The van der Waals surface area contributed by atoms with Gasteiger partial charge in [-0.05, 0) is 12.1 Å². The molecule has 1 aromatic rings. The summed E-state index contributed by atoms with van der Waals surface area (Å²) in [6.45, 7) is 3.75. The van der Waals surface area contributed by atoms with Crippen molar-refractivity contribution in [3.63, 3.8) is 0 Å². The maximum Gasteiger partial charge on any atom is 0.285 e. The van der Waals surface area contributed by atoms with Gasteiger partial charge in [0.1, 0.15) is 4.90 Å². The number of piperazine rings is 1. The Morgan fingerprint density at radius 2 is 1.92 bits per heavy atom. The highest BCUT2D eigenvalue weighted by Crippen LogP contribution is 2.27. The van der Waals surface area contributed by atoms with Crippen molar-refractivity contribution in [3.05, 3.63) is 29.8 Å². The number of aliphatic hydroxyl groups excluding tert-OH is 1. The first-order chi connectivity index (χ1) is 11.0. The molecule has 1 fully saturated rings. The van der Waals surface area contributed by atoms with Crippen molar-refractivity contribution in [2.75, 3.05) is 46.4 Å². The number of methoxy groups -OCH3 is 1. The molecular formula is C15H21ClN3O4S-. The van der Waals surface area contributed by atoms with Crippen LogP contribution in [0, 0.1) is 0 Å². The molecule has 1 atom stereocenters. The Kier molecular flexibility index (Phi) is 6.22. The van der Waals surface area contributed by atoms with Gasteiger partial charge in [-0.3, -0.25) is 4.90 Å². The Morgan fingerprint density at radius 1 is 1.25 bits per heavy atom. The van der Waals surface area contributed by atoms with Crippen LogP contribution in [0.25, 0.3) is 0 Å². The van der Waals surface area contributed by atoms with Crippen molar-refractivity contribution in [2.24, 2.45) is 4.40 Å². The molecule has 0 amide bonds. The summed E-state index contributed by atoms with van der Waals surface area (Å²) in [7, 11) is -2.00. The van der Waals surface area contributed by atoms with E-state index < -0.39 is 16.1 Å². The van der Waals surface area contributed by atoms with E-state index in [2.05, 4.69) is 9.30 Å². The maximum absolute atomic E-state index is 12.1. The third-order valence-corrected chi connectivity index (χ3v) is 5.44. The molecule has 9 heteroatoms. The molecule has 7 nitrogen and oxygen atoms in total. The van der Waals surface area contributed by atoms with E-state index >= 15 is 0 Å². The van der Waals surface area contributed by atoms with E-state index in [-0.39, 0.29) is 17.3 Å². The molecule has 1 saturated heterocycles. The van der Waals surface area contributed by atoms with Gasteiger partial charge in [0.05, 0.1) is 12.7 Å². The van der Waals surface area contributed by atoms with Crippen LogP contribution in [0.4, 0.5) is 0 Å². The van der Waals surface area contributed by atoms with E-state index in [1.807, 2.05) is 11.0 Å². The molecular weight excluding hydrogens is 354 g/mol. The first-order valence-electron chi connectivity index (χ1n) is 7.60. The molecule has 1 unspecified atom stereocenters. The molecule has 2 aliphatic rings. The summed E-state index contributed by atoms with van der Waals surface area (Å²) in [5.74, 6) is 0.540. The predicted octanol–water partition coefficient (Wildman–Crippen LogP) is -3.24. The molecule has 3 rings (SSSR count). The van der Waals surface area contributed by atoms with Crippen molar-refractivity contribution in [2.45, 2.75) is 11.0 Å². The first-order valence-corrected chi connectivity index (χ1v) is 9.04.